The van der Waals surface area contributed by atoms with E-state index in [9.17, 15) is 12.8 Å². The summed E-state index contributed by atoms with van der Waals surface area (Å²) in [6.45, 7) is 3.14. The Hall–Kier alpha value is -1.71. The van der Waals surface area contributed by atoms with Crippen LogP contribution in [0.1, 0.15) is 25.0 Å². The molecule has 0 saturated heterocycles. The van der Waals surface area contributed by atoms with E-state index < -0.39 is 16.0 Å². The van der Waals surface area contributed by atoms with Crippen molar-refractivity contribution >= 4 is 16.0 Å². The number of hydrogen-bond acceptors (Lipinski definition) is 4. The predicted molar refractivity (Wildman–Crippen MR) is 72.9 cm³/mol. The molecular weight excluding hydrogens is 287 g/mol. The van der Waals surface area contributed by atoms with Gasteiger partial charge in [-0.15, -0.1) is 0 Å². The first kappa shape index (κ1) is 16.3. The maximum absolute atomic E-state index is 13.7. The van der Waals surface area contributed by atoms with Crippen LogP contribution in [0.5, 0.6) is 0 Å². The van der Waals surface area contributed by atoms with Crippen LogP contribution in [0.4, 0.5) is 4.39 Å². The van der Waals surface area contributed by atoms with Crippen LogP contribution in [0.3, 0.4) is 0 Å². The lowest BCUT2D eigenvalue weighted by Crippen LogP contribution is -2.40. The van der Waals surface area contributed by atoms with Crippen molar-refractivity contribution in [2.75, 3.05) is 0 Å². The molecule has 7 nitrogen and oxygen atoms in total. The largest absolute Gasteiger partial charge is 0.409 e. The fourth-order valence-corrected chi connectivity index (χ4v) is 2.48. The maximum Gasteiger partial charge on any atom is 0.277 e. The summed E-state index contributed by atoms with van der Waals surface area (Å²) in [6, 6.07) is 3.59. The third kappa shape index (κ3) is 4.76. The molecule has 20 heavy (non-hydrogen) atoms. The second kappa shape index (κ2) is 6.64. The van der Waals surface area contributed by atoms with Gasteiger partial charge < -0.3 is 10.9 Å². The van der Waals surface area contributed by atoms with Crippen LogP contribution in [0.25, 0.3) is 0 Å². The number of nitrogens with two attached hydrogens (primary N) is 1. The van der Waals surface area contributed by atoms with E-state index in [-0.39, 0.29) is 29.5 Å². The van der Waals surface area contributed by atoms with Gasteiger partial charge in [-0.1, -0.05) is 17.3 Å². The molecule has 0 amide bonds. The Bertz CT molecular complexity index is 602. The molecule has 9 heteroatoms. The number of nitrogens with zero attached hydrogens (tertiary/aromatic N) is 1. The molecule has 1 aromatic carbocycles. The Morgan fingerprint density at radius 3 is 2.65 bits per heavy atom. The van der Waals surface area contributed by atoms with Gasteiger partial charge in [0.05, 0.1) is 0 Å². The molecule has 0 aromatic heterocycles. The van der Waals surface area contributed by atoms with Crippen molar-refractivity contribution in [1.29, 1.82) is 0 Å². The average molecular weight is 304 g/mol. The lowest BCUT2D eigenvalue weighted by atomic mass is 10.1. The first-order valence-electron chi connectivity index (χ1n) is 5.78. The zero-order chi connectivity index (χ0) is 15.3. The van der Waals surface area contributed by atoms with Crippen LogP contribution in [0.2, 0.25) is 0 Å². The molecule has 0 bridgehead atoms. The van der Waals surface area contributed by atoms with E-state index >= 15 is 0 Å². The molecule has 0 aliphatic carbocycles. The van der Waals surface area contributed by atoms with E-state index in [0.717, 1.165) is 6.07 Å². The summed E-state index contributed by atoms with van der Waals surface area (Å²) in [4.78, 5) is 0. The zero-order valence-corrected chi connectivity index (χ0v) is 11.9. The molecule has 0 saturated carbocycles. The van der Waals surface area contributed by atoms with E-state index in [4.69, 9.17) is 10.9 Å². The number of benzene rings is 1. The highest BCUT2D eigenvalue weighted by Crippen LogP contribution is 2.10. The highest BCUT2D eigenvalue weighted by atomic mass is 32.2. The second-order valence-corrected chi connectivity index (χ2v) is 5.92. The molecule has 0 radical (unpaired) electrons. The van der Waals surface area contributed by atoms with E-state index in [1.807, 2.05) is 0 Å². The summed E-state index contributed by atoms with van der Waals surface area (Å²) in [5.41, 5.74) is 5.68. The Balaban J connectivity index is 2.80. The molecular formula is C11H17FN4O3S. The summed E-state index contributed by atoms with van der Waals surface area (Å²) in [5.74, 6) is -0.876. The van der Waals surface area contributed by atoms with Gasteiger partial charge in [0.25, 0.3) is 10.2 Å². The molecule has 112 valence electrons. The summed E-state index contributed by atoms with van der Waals surface area (Å²) < 4.78 is 41.3. The van der Waals surface area contributed by atoms with Crippen LogP contribution in [0.15, 0.2) is 23.4 Å². The summed E-state index contributed by atoms with van der Waals surface area (Å²) in [7, 11) is -3.68. The Kier molecular flexibility index (Phi) is 5.43. The van der Waals surface area contributed by atoms with Crippen molar-refractivity contribution in [1.82, 2.24) is 9.44 Å². The quantitative estimate of drug-likeness (QED) is 0.261. The smallest absolute Gasteiger partial charge is 0.277 e. The molecule has 1 rings (SSSR count). The van der Waals surface area contributed by atoms with E-state index in [2.05, 4.69) is 14.6 Å². The molecule has 0 spiro atoms. The van der Waals surface area contributed by atoms with Gasteiger partial charge in [-0.2, -0.15) is 17.9 Å². The van der Waals surface area contributed by atoms with Gasteiger partial charge in [-0.3, -0.25) is 0 Å². The Labute approximate surface area is 116 Å². The molecule has 0 fully saturated rings. The maximum atomic E-state index is 13.7. The van der Waals surface area contributed by atoms with Crippen LogP contribution in [0, 0.1) is 5.82 Å². The molecule has 0 atom stereocenters. The average Bonchev–Trinajstić information content (AvgIpc) is 2.34. The molecule has 0 unspecified atom stereocenters. The van der Waals surface area contributed by atoms with Crippen molar-refractivity contribution in [3.8, 4) is 0 Å². The zero-order valence-electron chi connectivity index (χ0n) is 11.1. The second-order valence-electron chi connectivity index (χ2n) is 4.39. The molecule has 5 N–H and O–H groups in total. The molecule has 0 heterocycles. The van der Waals surface area contributed by atoms with Crippen molar-refractivity contribution in [2.45, 2.75) is 26.4 Å². The molecule has 0 aliphatic rings. The van der Waals surface area contributed by atoms with Crippen LogP contribution in [-0.4, -0.2) is 25.5 Å². The number of hydrogen-bond donors (Lipinski definition) is 4. The van der Waals surface area contributed by atoms with E-state index in [1.165, 1.54) is 12.1 Å². The fraction of sp³-hybridized carbons (Fsp3) is 0.364. The first-order chi connectivity index (χ1) is 9.25. The number of amidine groups is 1. The Morgan fingerprint density at radius 2 is 2.15 bits per heavy atom. The summed E-state index contributed by atoms with van der Waals surface area (Å²) in [5, 5.41) is 11.2. The summed E-state index contributed by atoms with van der Waals surface area (Å²) in [6.07, 6.45) is 0. The Morgan fingerprint density at radius 1 is 1.50 bits per heavy atom. The highest BCUT2D eigenvalue weighted by molar-refractivity contribution is 7.87. The predicted octanol–water partition coefficient (Wildman–Crippen LogP) is 0.253. The topological polar surface area (TPSA) is 117 Å². The van der Waals surface area contributed by atoms with E-state index in [1.54, 1.807) is 13.8 Å². The van der Waals surface area contributed by atoms with Gasteiger partial charge in [-0.05, 0) is 19.9 Å². The lowest BCUT2D eigenvalue weighted by molar-refractivity contribution is 0.318. The number of rotatable bonds is 6. The molecule has 1 aromatic rings. The van der Waals surface area contributed by atoms with Gasteiger partial charge in [0.15, 0.2) is 5.84 Å². The monoisotopic (exact) mass is 304 g/mol. The third-order valence-electron chi connectivity index (χ3n) is 2.30. The number of oxime groups is 1. The first-order valence-corrected chi connectivity index (χ1v) is 7.26. The van der Waals surface area contributed by atoms with E-state index in [0.29, 0.717) is 0 Å². The molecule has 0 aliphatic heterocycles. The normalized spacial score (nSPS) is 12.9. The lowest BCUT2D eigenvalue weighted by Gasteiger charge is -2.11. The fourth-order valence-electron chi connectivity index (χ4n) is 1.43. The van der Waals surface area contributed by atoms with Gasteiger partial charge in [-0.25, -0.2) is 4.39 Å². The van der Waals surface area contributed by atoms with Crippen molar-refractivity contribution < 1.29 is 18.0 Å². The van der Waals surface area contributed by atoms with Gasteiger partial charge in [0.1, 0.15) is 5.82 Å². The van der Waals surface area contributed by atoms with Crippen LogP contribution < -0.4 is 15.2 Å². The van der Waals surface area contributed by atoms with Crippen molar-refractivity contribution in [3.63, 3.8) is 0 Å². The number of nitrogens with one attached hydrogen (secondary N) is 2. The van der Waals surface area contributed by atoms with Crippen LogP contribution in [-0.2, 0) is 16.8 Å². The highest BCUT2D eigenvalue weighted by Gasteiger charge is 2.13. The summed E-state index contributed by atoms with van der Waals surface area (Å²) >= 11 is 0. The van der Waals surface area contributed by atoms with Gasteiger partial charge in [0.2, 0.25) is 0 Å². The van der Waals surface area contributed by atoms with Gasteiger partial charge >= 0.3 is 0 Å². The van der Waals surface area contributed by atoms with Gasteiger partial charge in [0, 0.05) is 23.7 Å². The van der Waals surface area contributed by atoms with Crippen molar-refractivity contribution in [3.05, 3.63) is 35.1 Å². The minimum atomic E-state index is -3.68. The standard InChI is InChI=1S/C11H17FN4O3S/c1-7(2)16-20(18,19)14-6-9-4-3-8(5-10(9)12)11(13)15-17/h3-5,7,14,16-17H,6H2,1-2H3,(H2,13,15). The minimum Gasteiger partial charge on any atom is -0.409 e. The SMILES string of the molecule is CC(C)NS(=O)(=O)NCc1ccc(/C(N)=N/O)cc1F. The minimum absolute atomic E-state index is 0.147. The third-order valence-corrected chi connectivity index (χ3v) is 3.61. The van der Waals surface area contributed by atoms with Crippen LogP contribution >= 0.6 is 0 Å². The van der Waals surface area contributed by atoms with Crippen molar-refractivity contribution in [2.24, 2.45) is 10.9 Å². The number of halogens is 1.